The summed E-state index contributed by atoms with van der Waals surface area (Å²) in [6.45, 7) is 6.24. The summed E-state index contributed by atoms with van der Waals surface area (Å²) >= 11 is 0. The van der Waals surface area contributed by atoms with Crippen molar-refractivity contribution in [1.29, 1.82) is 0 Å². The first-order chi connectivity index (χ1) is 10.4. The lowest BCUT2D eigenvalue weighted by molar-refractivity contribution is 0.229. The average Bonchev–Trinajstić information content (AvgIpc) is 2.45. The van der Waals surface area contributed by atoms with E-state index < -0.39 is 5.54 Å². The number of nitrogens with one attached hydrogen (secondary N) is 2. The summed E-state index contributed by atoms with van der Waals surface area (Å²) in [5.74, 6) is -0.288. The van der Waals surface area contributed by atoms with Crippen LogP contribution in [0, 0.1) is 12.7 Å². The molecule has 2 aromatic rings. The van der Waals surface area contributed by atoms with Crippen LogP contribution in [0.1, 0.15) is 30.5 Å². The van der Waals surface area contributed by atoms with Gasteiger partial charge >= 0.3 is 6.03 Å². The van der Waals surface area contributed by atoms with Gasteiger partial charge in [0.1, 0.15) is 5.82 Å². The smallest absolute Gasteiger partial charge is 0.315 e. The molecule has 0 saturated carbocycles. The lowest BCUT2D eigenvalue weighted by atomic mass is 9.94. The van der Waals surface area contributed by atoms with Crippen molar-refractivity contribution in [2.75, 3.05) is 0 Å². The minimum atomic E-state index is -0.579. The number of hydrogen-bond acceptors (Lipinski definition) is 1. The SMILES string of the molecule is Cc1cccc(CNC(=O)NC(C)(C)c2ccc(F)cc2)c1. The summed E-state index contributed by atoms with van der Waals surface area (Å²) in [5, 5.41) is 5.74. The van der Waals surface area contributed by atoms with Gasteiger partial charge in [0.15, 0.2) is 0 Å². The van der Waals surface area contributed by atoms with Crippen molar-refractivity contribution in [2.24, 2.45) is 0 Å². The first-order valence-electron chi connectivity index (χ1n) is 7.24. The second-order valence-corrected chi connectivity index (χ2v) is 5.93. The van der Waals surface area contributed by atoms with Crippen molar-refractivity contribution in [3.63, 3.8) is 0 Å². The highest BCUT2D eigenvalue weighted by Crippen LogP contribution is 2.20. The van der Waals surface area contributed by atoms with Crippen LogP contribution in [-0.4, -0.2) is 6.03 Å². The molecule has 3 nitrogen and oxygen atoms in total. The van der Waals surface area contributed by atoms with Gasteiger partial charge in [-0.15, -0.1) is 0 Å². The maximum atomic E-state index is 13.0. The molecular weight excluding hydrogens is 279 g/mol. The Morgan fingerprint density at radius 1 is 1.14 bits per heavy atom. The molecule has 0 spiro atoms. The molecule has 2 aromatic carbocycles. The summed E-state index contributed by atoms with van der Waals surface area (Å²) in [4.78, 5) is 12.1. The third-order valence-electron chi connectivity index (χ3n) is 3.53. The van der Waals surface area contributed by atoms with E-state index in [4.69, 9.17) is 0 Å². The van der Waals surface area contributed by atoms with Crippen LogP contribution in [0.15, 0.2) is 48.5 Å². The van der Waals surface area contributed by atoms with Gasteiger partial charge in [0.2, 0.25) is 0 Å². The number of hydrogen-bond donors (Lipinski definition) is 2. The highest BCUT2D eigenvalue weighted by atomic mass is 19.1. The van der Waals surface area contributed by atoms with Crippen molar-refractivity contribution in [3.05, 3.63) is 71.0 Å². The summed E-state index contributed by atoms with van der Waals surface area (Å²) in [5.41, 5.74) is 2.48. The Morgan fingerprint density at radius 3 is 2.45 bits per heavy atom. The number of halogens is 1. The van der Waals surface area contributed by atoms with Gasteiger partial charge in [-0.25, -0.2) is 9.18 Å². The molecule has 0 unspecified atom stereocenters. The number of amides is 2. The van der Waals surface area contributed by atoms with Crippen LogP contribution in [-0.2, 0) is 12.1 Å². The fourth-order valence-electron chi connectivity index (χ4n) is 2.27. The van der Waals surface area contributed by atoms with Gasteiger partial charge in [-0.05, 0) is 44.0 Å². The largest absolute Gasteiger partial charge is 0.334 e. The minimum absolute atomic E-state index is 0.254. The Hall–Kier alpha value is -2.36. The zero-order valence-electron chi connectivity index (χ0n) is 13.1. The molecule has 4 heteroatoms. The number of urea groups is 1. The lowest BCUT2D eigenvalue weighted by Crippen LogP contribution is -2.46. The Kier molecular flexibility index (Phi) is 4.81. The van der Waals surface area contributed by atoms with E-state index in [9.17, 15) is 9.18 Å². The molecule has 0 heterocycles. The molecule has 0 atom stereocenters. The molecule has 0 bridgehead atoms. The monoisotopic (exact) mass is 300 g/mol. The first kappa shape index (κ1) is 16.0. The van der Waals surface area contributed by atoms with E-state index in [0.717, 1.165) is 16.7 Å². The average molecular weight is 300 g/mol. The van der Waals surface area contributed by atoms with E-state index in [2.05, 4.69) is 10.6 Å². The third kappa shape index (κ3) is 4.32. The molecule has 0 aromatic heterocycles. The number of benzene rings is 2. The third-order valence-corrected chi connectivity index (χ3v) is 3.53. The van der Waals surface area contributed by atoms with Crippen LogP contribution in [0.25, 0.3) is 0 Å². The molecule has 0 saturated heterocycles. The molecule has 0 fully saturated rings. The summed E-state index contributed by atoms with van der Waals surface area (Å²) in [6.07, 6.45) is 0. The molecule has 0 aliphatic rings. The van der Waals surface area contributed by atoms with Gasteiger partial charge in [0.05, 0.1) is 5.54 Å². The zero-order chi connectivity index (χ0) is 16.2. The topological polar surface area (TPSA) is 41.1 Å². The van der Waals surface area contributed by atoms with Gasteiger partial charge in [0.25, 0.3) is 0 Å². The second-order valence-electron chi connectivity index (χ2n) is 5.93. The Labute approximate surface area is 130 Å². The van der Waals surface area contributed by atoms with Gasteiger partial charge < -0.3 is 10.6 Å². The summed E-state index contributed by atoms with van der Waals surface area (Å²) < 4.78 is 13.0. The van der Waals surface area contributed by atoms with E-state index in [0.29, 0.717) is 6.54 Å². The second kappa shape index (κ2) is 6.60. The fourth-order valence-corrected chi connectivity index (χ4v) is 2.27. The number of carbonyl (C=O) groups is 1. The van der Waals surface area contributed by atoms with Crippen molar-refractivity contribution in [2.45, 2.75) is 32.9 Å². The molecular formula is C18H21FN2O. The molecule has 2 rings (SSSR count). The van der Waals surface area contributed by atoms with Crippen LogP contribution in [0.5, 0.6) is 0 Å². The van der Waals surface area contributed by atoms with Crippen LogP contribution in [0.2, 0.25) is 0 Å². The Bertz CT molecular complexity index is 650. The van der Waals surface area contributed by atoms with Gasteiger partial charge in [0, 0.05) is 6.54 Å². The van der Waals surface area contributed by atoms with E-state index in [-0.39, 0.29) is 11.8 Å². The number of aryl methyl sites for hydroxylation is 1. The molecule has 0 aliphatic carbocycles. The molecule has 2 N–H and O–H groups in total. The van der Waals surface area contributed by atoms with Gasteiger partial charge in [-0.1, -0.05) is 42.0 Å². The summed E-state index contributed by atoms with van der Waals surface area (Å²) in [7, 11) is 0. The number of rotatable bonds is 4. The van der Waals surface area contributed by atoms with Crippen LogP contribution in [0.3, 0.4) is 0 Å². The highest BCUT2D eigenvalue weighted by Gasteiger charge is 2.22. The highest BCUT2D eigenvalue weighted by molar-refractivity contribution is 5.75. The normalized spacial score (nSPS) is 11.1. The van der Waals surface area contributed by atoms with Crippen LogP contribution >= 0.6 is 0 Å². The molecule has 0 radical (unpaired) electrons. The Morgan fingerprint density at radius 2 is 1.82 bits per heavy atom. The zero-order valence-corrected chi connectivity index (χ0v) is 13.1. The maximum absolute atomic E-state index is 13.0. The molecule has 0 aliphatic heterocycles. The fraction of sp³-hybridized carbons (Fsp3) is 0.278. The number of carbonyl (C=O) groups excluding carboxylic acids is 1. The van der Waals surface area contributed by atoms with E-state index >= 15 is 0 Å². The predicted octanol–water partition coefficient (Wildman–Crippen LogP) is 3.87. The van der Waals surface area contributed by atoms with Gasteiger partial charge in [-0.2, -0.15) is 0 Å². The van der Waals surface area contributed by atoms with E-state index in [1.54, 1.807) is 12.1 Å². The van der Waals surface area contributed by atoms with Crippen LogP contribution in [0.4, 0.5) is 9.18 Å². The minimum Gasteiger partial charge on any atom is -0.334 e. The van der Waals surface area contributed by atoms with Crippen molar-refractivity contribution in [3.8, 4) is 0 Å². The van der Waals surface area contributed by atoms with Crippen molar-refractivity contribution >= 4 is 6.03 Å². The van der Waals surface area contributed by atoms with Crippen LogP contribution < -0.4 is 10.6 Å². The van der Waals surface area contributed by atoms with E-state index in [1.807, 2.05) is 45.0 Å². The predicted molar refractivity (Wildman–Crippen MR) is 86.0 cm³/mol. The molecule has 2 amide bonds. The molecule has 22 heavy (non-hydrogen) atoms. The quantitative estimate of drug-likeness (QED) is 0.884. The standard InChI is InChI=1S/C18H21FN2O/c1-13-5-4-6-14(11-13)12-20-17(22)21-18(2,3)15-7-9-16(19)10-8-15/h4-11H,12H2,1-3H3,(H2,20,21,22). The lowest BCUT2D eigenvalue weighted by Gasteiger charge is -2.27. The van der Waals surface area contributed by atoms with Gasteiger partial charge in [-0.3, -0.25) is 0 Å². The van der Waals surface area contributed by atoms with Crippen molar-refractivity contribution in [1.82, 2.24) is 10.6 Å². The summed E-state index contributed by atoms with van der Waals surface area (Å²) in [6, 6.07) is 13.9. The van der Waals surface area contributed by atoms with Crippen molar-refractivity contribution < 1.29 is 9.18 Å². The maximum Gasteiger partial charge on any atom is 0.315 e. The van der Waals surface area contributed by atoms with E-state index in [1.165, 1.54) is 12.1 Å². The molecule has 116 valence electrons. The Balaban J connectivity index is 1.94. The first-order valence-corrected chi connectivity index (χ1v) is 7.24.